The Hall–Kier alpha value is -3.11. The molecule has 0 bridgehead atoms. The molecule has 0 amide bonds. The van der Waals surface area contributed by atoms with Crippen molar-refractivity contribution in [2.24, 2.45) is 4.99 Å². The number of aliphatic hydroxyl groups excluding tert-OH is 1. The van der Waals surface area contributed by atoms with E-state index in [1.807, 2.05) is 31.2 Å². The van der Waals surface area contributed by atoms with Crippen LogP contribution in [0.2, 0.25) is 0 Å². The van der Waals surface area contributed by atoms with E-state index < -0.39 is 0 Å². The van der Waals surface area contributed by atoms with Gasteiger partial charge < -0.3 is 14.8 Å². The maximum Gasteiger partial charge on any atom is 0.137 e. The number of aryl methyl sites for hydroxylation is 2. The van der Waals surface area contributed by atoms with Crippen LogP contribution in [0.3, 0.4) is 0 Å². The highest BCUT2D eigenvalue weighted by Crippen LogP contribution is 2.42. The predicted molar refractivity (Wildman–Crippen MR) is 124 cm³/mol. The summed E-state index contributed by atoms with van der Waals surface area (Å²) in [7, 11) is 0. The fourth-order valence-corrected chi connectivity index (χ4v) is 4.10. The minimum atomic E-state index is -0.0120. The molecular formula is C26H28N2O2. The SMILES string of the molecule is CCN=c1cc2oc3cc(NCC)c(C)cc3c(-c3ccccc3CO)c-2cc1C. The van der Waals surface area contributed by atoms with Crippen molar-refractivity contribution in [2.75, 3.05) is 18.4 Å². The predicted octanol–water partition coefficient (Wildman–Crippen LogP) is 5.67. The minimum absolute atomic E-state index is 0.0120. The molecule has 2 aromatic carbocycles. The molecule has 1 aliphatic carbocycles. The highest BCUT2D eigenvalue weighted by atomic mass is 16.3. The van der Waals surface area contributed by atoms with Crippen LogP contribution in [0.1, 0.15) is 30.5 Å². The van der Waals surface area contributed by atoms with Gasteiger partial charge in [-0.15, -0.1) is 0 Å². The Morgan fingerprint density at radius 3 is 2.50 bits per heavy atom. The van der Waals surface area contributed by atoms with Gasteiger partial charge in [0.25, 0.3) is 0 Å². The smallest absolute Gasteiger partial charge is 0.137 e. The number of anilines is 1. The Labute approximate surface area is 177 Å². The summed E-state index contributed by atoms with van der Waals surface area (Å²) in [5, 5.41) is 15.4. The van der Waals surface area contributed by atoms with Gasteiger partial charge in [-0.1, -0.05) is 24.3 Å². The summed E-state index contributed by atoms with van der Waals surface area (Å²) >= 11 is 0. The minimum Gasteiger partial charge on any atom is -0.456 e. The maximum atomic E-state index is 10.0. The first-order chi connectivity index (χ1) is 14.6. The van der Waals surface area contributed by atoms with Gasteiger partial charge in [0.15, 0.2) is 0 Å². The lowest BCUT2D eigenvalue weighted by Gasteiger charge is -2.19. The second kappa shape index (κ2) is 8.33. The molecule has 4 heteroatoms. The van der Waals surface area contributed by atoms with Crippen LogP contribution in [0.5, 0.6) is 0 Å². The van der Waals surface area contributed by atoms with Crippen LogP contribution in [0.25, 0.3) is 33.4 Å². The average molecular weight is 401 g/mol. The fraction of sp³-hybridized carbons (Fsp3) is 0.269. The van der Waals surface area contributed by atoms with E-state index in [4.69, 9.17) is 4.42 Å². The van der Waals surface area contributed by atoms with Gasteiger partial charge in [0.05, 0.1) is 12.0 Å². The van der Waals surface area contributed by atoms with E-state index in [9.17, 15) is 5.11 Å². The lowest BCUT2D eigenvalue weighted by atomic mass is 9.89. The van der Waals surface area contributed by atoms with Crippen molar-refractivity contribution in [3.8, 4) is 22.5 Å². The highest BCUT2D eigenvalue weighted by Gasteiger charge is 2.20. The quantitative estimate of drug-likeness (QED) is 0.425. The molecule has 1 aliphatic heterocycles. The third-order valence-electron chi connectivity index (χ3n) is 5.54. The van der Waals surface area contributed by atoms with Gasteiger partial charge in [-0.05, 0) is 62.1 Å². The third kappa shape index (κ3) is 3.48. The van der Waals surface area contributed by atoms with Gasteiger partial charge in [-0.2, -0.15) is 0 Å². The first-order valence-electron chi connectivity index (χ1n) is 10.5. The molecule has 0 atom stereocenters. The van der Waals surface area contributed by atoms with E-state index in [1.165, 1.54) is 0 Å². The van der Waals surface area contributed by atoms with Crippen molar-refractivity contribution in [2.45, 2.75) is 34.3 Å². The van der Waals surface area contributed by atoms with Crippen molar-refractivity contribution in [1.29, 1.82) is 0 Å². The molecule has 0 spiro atoms. The standard InChI is InChI=1S/C26H28N2O2/c1-5-27-22-13-24-20(11-16(22)3)26(19-10-8-7-9-18(19)15-29)21-12-17(4)23(28-6-2)14-25(21)30-24/h7-14,27,29H,5-6,15H2,1-4H3. The summed E-state index contributed by atoms with van der Waals surface area (Å²) in [5.74, 6) is 0.800. The summed E-state index contributed by atoms with van der Waals surface area (Å²) in [6.07, 6.45) is 0. The first kappa shape index (κ1) is 20.2. The van der Waals surface area contributed by atoms with E-state index in [1.54, 1.807) is 0 Å². The molecule has 4 rings (SSSR count). The number of rotatable bonds is 5. The van der Waals surface area contributed by atoms with Crippen molar-refractivity contribution >= 4 is 16.7 Å². The first-order valence-corrected chi connectivity index (χ1v) is 10.5. The summed E-state index contributed by atoms with van der Waals surface area (Å²) in [6, 6.07) is 16.5. The zero-order chi connectivity index (χ0) is 21.3. The molecule has 2 aliphatic rings. The molecule has 0 fully saturated rings. The van der Waals surface area contributed by atoms with E-state index in [0.717, 1.165) is 74.2 Å². The van der Waals surface area contributed by atoms with Gasteiger partial charge in [-0.25, -0.2) is 0 Å². The topological polar surface area (TPSA) is 57.8 Å². The number of hydrogen-bond donors (Lipinski definition) is 2. The molecule has 154 valence electrons. The van der Waals surface area contributed by atoms with Crippen LogP contribution in [0.4, 0.5) is 5.69 Å². The van der Waals surface area contributed by atoms with E-state index in [2.05, 4.69) is 55.3 Å². The molecule has 0 unspecified atom stereocenters. The molecule has 0 saturated carbocycles. The largest absolute Gasteiger partial charge is 0.456 e. The molecule has 2 N–H and O–H groups in total. The molecule has 0 radical (unpaired) electrons. The second-order valence-corrected chi connectivity index (χ2v) is 7.60. The van der Waals surface area contributed by atoms with Crippen LogP contribution in [0.15, 0.2) is 57.9 Å². The molecule has 4 nitrogen and oxygen atoms in total. The molecule has 2 aromatic rings. The highest BCUT2D eigenvalue weighted by molar-refractivity contribution is 6.03. The van der Waals surface area contributed by atoms with Gasteiger partial charge in [-0.3, -0.25) is 4.99 Å². The summed E-state index contributed by atoms with van der Waals surface area (Å²) < 4.78 is 6.40. The summed E-state index contributed by atoms with van der Waals surface area (Å²) in [5.41, 5.74) is 8.22. The summed E-state index contributed by atoms with van der Waals surface area (Å²) in [6.45, 7) is 9.88. The van der Waals surface area contributed by atoms with E-state index in [-0.39, 0.29) is 6.61 Å². The normalized spacial score (nSPS) is 12.1. The fourth-order valence-electron chi connectivity index (χ4n) is 4.10. The van der Waals surface area contributed by atoms with Crippen LogP contribution < -0.4 is 10.7 Å². The van der Waals surface area contributed by atoms with Crippen molar-refractivity contribution in [1.82, 2.24) is 0 Å². The average Bonchev–Trinajstić information content (AvgIpc) is 2.74. The van der Waals surface area contributed by atoms with E-state index >= 15 is 0 Å². The number of nitrogens with one attached hydrogen (secondary N) is 1. The van der Waals surface area contributed by atoms with Crippen LogP contribution in [-0.2, 0) is 6.61 Å². The van der Waals surface area contributed by atoms with Gasteiger partial charge in [0.1, 0.15) is 11.3 Å². The van der Waals surface area contributed by atoms with Crippen molar-refractivity contribution in [3.05, 3.63) is 70.6 Å². The molecule has 30 heavy (non-hydrogen) atoms. The Kier molecular flexibility index (Phi) is 5.60. The lowest BCUT2D eigenvalue weighted by molar-refractivity contribution is 0.282. The van der Waals surface area contributed by atoms with Gasteiger partial charge in [0, 0.05) is 47.4 Å². The molecule has 0 aromatic heterocycles. The zero-order valence-electron chi connectivity index (χ0n) is 18.0. The number of aliphatic hydroxyl groups is 1. The Balaban J connectivity index is 2.18. The number of fused-ring (bicyclic) bond motifs is 2. The van der Waals surface area contributed by atoms with Gasteiger partial charge >= 0.3 is 0 Å². The Bertz CT molecular complexity index is 1250. The van der Waals surface area contributed by atoms with Crippen molar-refractivity contribution in [3.63, 3.8) is 0 Å². The third-order valence-corrected chi connectivity index (χ3v) is 5.54. The second-order valence-electron chi connectivity index (χ2n) is 7.60. The van der Waals surface area contributed by atoms with Crippen LogP contribution in [0, 0.1) is 13.8 Å². The van der Waals surface area contributed by atoms with Crippen molar-refractivity contribution < 1.29 is 9.52 Å². The van der Waals surface area contributed by atoms with Gasteiger partial charge in [0.2, 0.25) is 0 Å². The molecule has 1 heterocycles. The Morgan fingerprint density at radius 1 is 0.967 bits per heavy atom. The molecular weight excluding hydrogens is 372 g/mol. The van der Waals surface area contributed by atoms with Crippen LogP contribution >= 0.6 is 0 Å². The number of benzene rings is 3. The maximum absolute atomic E-state index is 10.0. The van der Waals surface area contributed by atoms with Crippen LogP contribution in [-0.4, -0.2) is 18.2 Å². The summed E-state index contributed by atoms with van der Waals surface area (Å²) in [4.78, 5) is 4.62. The lowest BCUT2D eigenvalue weighted by Crippen LogP contribution is -2.09. The number of hydrogen-bond acceptors (Lipinski definition) is 4. The van der Waals surface area contributed by atoms with E-state index in [0.29, 0.717) is 0 Å². The number of nitrogens with zero attached hydrogens (tertiary/aromatic N) is 1. The monoisotopic (exact) mass is 400 g/mol. The molecule has 0 saturated heterocycles. The zero-order valence-corrected chi connectivity index (χ0v) is 18.0. The Morgan fingerprint density at radius 2 is 1.77 bits per heavy atom.